The Hall–Kier alpha value is -1.26. The molecule has 82 valence electrons. The van der Waals surface area contributed by atoms with Crippen LogP contribution in [0.1, 0.15) is 5.56 Å². The van der Waals surface area contributed by atoms with E-state index in [0.717, 1.165) is 4.90 Å². The molecular weight excluding hydrogens is 242 g/mol. The fraction of sp³-hybridized carbons (Fsp3) is 0.0909. The number of benzene rings is 1. The molecular formula is C11H10ClN3S. The third-order valence-electron chi connectivity index (χ3n) is 2.02. The van der Waals surface area contributed by atoms with E-state index in [0.29, 0.717) is 15.9 Å². The first-order chi connectivity index (χ1) is 7.66. The molecule has 1 aromatic carbocycles. The van der Waals surface area contributed by atoms with Gasteiger partial charge in [0.15, 0.2) is 0 Å². The first-order valence-corrected chi connectivity index (χ1v) is 5.87. The third-order valence-corrected chi connectivity index (χ3v) is 3.52. The van der Waals surface area contributed by atoms with Crippen molar-refractivity contribution in [3.63, 3.8) is 0 Å². The minimum atomic E-state index is 0.311. The summed E-state index contributed by atoms with van der Waals surface area (Å²) in [6.07, 6.45) is 1.41. The molecule has 0 saturated carbocycles. The number of nitrogens with two attached hydrogens (primary N) is 1. The molecule has 1 heterocycles. The molecule has 0 fully saturated rings. The normalized spacial score (nSPS) is 10.4. The summed E-state index contributed by atoms with van der Waals surface area (Å²) in [5.74, 6) is 0.311. The molecule has 0 bridgehead atoms. The number of anilines is 1. The van der Waals surface area contributed by atoms with Crippen LogP contribution in [0.25, 0.3) is 0 Å². The van der Waals surface area contributed by atoms with Crippen LogP contribution in [0, 0.1) is 6.92 Å². The minimum Gasteiger partial charge on any atom is -0.382 e. The highest BCUT2D eigenvalue weighted by Crippen LogP contribution is 2.33. The minimum absolute atomic E-state index is 0.311. The lowest BCUT2D eigenvalue weighted by Crippen LogP contribution is -1.94. The van der Waals surface area contributed by atoms with Crippen molar-refractivity contribution in [2.45, 2.75) is 16.8 Å². The summed E-state index contributed by atoms with van der Waals surface area (Å²) in [6, 6.07) is 8.13. The van der Waals surface area contributed by atoms with E-state index in [9.17, 15) is 0 Å². The maximum absolute atomic E-state index is 6.00. The number of hydrogen-bond donors (Lipinski definition) is 1. The highest BCUT2D eigenvalue weighted by atomic mass is 35.5. The van der Waals surface area contributed by atoms with Gasteiger partial charge in [0.05, 0.1) is 0 Å². The van der Waals surface area contributed by atoms with Crippen molar-refractivity contribution in [1.82, 2.24) is 9.97 Å². The second-order valence-electron chi connectivity index (χ2n) is 3.29. The SMILES string of the molecule is Cc1ccc(Sc2ncnc(N)c2Cl)cc1. The summed E-state index contributed by atoms with van der Waals surface area (Å²) >= 11 is 7.48. The van der Waals surface area contributed by atoms with E-state index in [2.05, 4.69) is 9.97 Å². The molecule has 2 rings (SSSR count). The molecule has 0 saturated heterocycles. The van der Waals surface area contributed by atoms with Crippen molar-refractivity contribution < 1.29 is 0 Å². The van der Waals surface area contributed by atoms with Crippen LogP contribution < -0.4 is 5.73 Å². The number of nitrogen functional groups attached to an aromatic ring is 1. The predicted octanol–water partition coefficient (Wildman–Crippen LogP) is 3.17. The molecule has 5 heteroatoms. The molecule has 0 unspecified atom stereocenters. The Bertz CT molecular complexity index is 499. The second kappa shape index (κ2) is 4.72. The van der Waals surface area contributed by atoms with Gasteiger partial charge in [0.2, 0.25) is 0 Å². The maximum Gasteiger partial charge on any atom is 0.146 e. The average Bonchev–Trinajstić information content (AvgIpc) is 2.28. The molecule has 3 nitrogen and oxygen atoms in total. The van der Waals surface area contributed by atoms with Crippen molar-refractivity contribution in [2.75, 3.05) is 5.73 Å². The van der Waals surface area contributed by atoms with Crippen molar-refractivity contribution in [3.8, 4) is 0 Å². The molecule has 0 aliphatic carbocycles. The van der Waals surface area contributed by atoms with Gasteiger partial charge in [-0.2, -0.15) is 0 Å². The van der Waals surface area contributed by atoms with Gasteiger partial charge in [-0.1, -0.05) is 41.1 Å². The highest BCUT2D eigenvalue weighted by Gasteiger charge is 2.07. The Morgan fingerprint density at radius 3 is 2.56 bits per heavy atom. The van der Waals surface area contributed by atoms with Gasteiger partial charge in [0.25, 0.3) is 0 Å². The third kappa shape index (κ3) is 2.46. The first kappa shape index (κ1) is 11.2. The quantitative estimate of drug-likeness (QED) is 0.833. The van der Waals surface area contributed by atoms with Gasteiger partial charge in [-0.25, -0.2) is 9.97 Å². The highest BCUT2D eigenvalue weighted by molar-refractivity contribution is 7.99. The average molecular weight is 252 g/mol. The van der Waals surface area contributed by atoms with Gasteiger partial charge in [0.1, 0.15) is 22.2 Å². The zero-order valence-electron chi connectivity index (χ0n) is 8.64. The zero-order valence-corrected chi connectivity index (χ0v) is 10.2. The van der Waals surface area contributed by atoms with Crippen LogP contribution in [-0.2, 0) is 0 Å². The van der Waals surface area contributed by atoms with Crippen molar-refractivity contribution in [2.24, 2.45) is 0 Å². The lowest BCUT2D eigenvalue weighted by Gasteiger charge is -2.04. The van der Waals surface area contributed by atoms with Crippen LogP contribution in [0.3, 0.4) is 0 Å². The van der Waals surface area contributed by atoms with E-state index in [4.69, 9.17) is 17.3 Å². The molecule has 16 heavy (non-hydrogen) atoms. The van der Waals surface area contributed by atoms with E-state index < -0.39 is 0 Å². The second-order valence-corrected chi connectivity index (χ2v) is 4.73. The summed E-state index contributed by atoms with van der Waals surface area (Å²) in [4.78, 5) is 8.99. The molecule has 2 aromatic rings. The summed E-state index contributed by atoms with van der Waals surface area (Å²) in [5, 5.41) is 1.09. The van der Waals surface area contributed by atoms with Crippen LogP contribution in [0.5, 0.6) is 0 Å². The Balaban J connectivity index is 2.27. The Morgan fingerprint density at radius 2 is 1.88 bits per heavy atom. The number of aromatic nitrogens is 2. The molecule has 0 spiro atoms. The van der Waals surface area contributed by atoms with Crippen molar-refractivity contribution in [1.29, 1.82) is 0 Å². The maximum atomic E-state index is 6.00. The molecule has 0 radical (unpaired) electrons. The largest absolute Gasteiger partial charge is 0.382 e. The summed E-state index contributed by atoms with van der Waals surface area (Å²) in [5.41, 5.74) is 6.82. The summed E-state index contributed by atoms with van der Waals surface area (Å²) in [6.45, 7) is 2.05. The van der Waals surface area contributed by atoms with E-state index in [-0.39, 0.29) is 0 Å². The smallest absolute Gasteiger partial charge is 0.146 e. The van der Waals surface area contributed by atoms with Crippen LogP contribution in [0.4, 0.5) is 5.82 Å². The fourth-order valence-electron chi connectivity index (χ4n) is 1.16. The van der Waals surface area contributed by atoms with Crippen molar-refractivity contribution >= 4 is 29.2 Å². The molecule has 2 N–H and O–H groups in total. The number of nitrogens with zero attached hydrogens (tertiary/aromatic N) is 2. The number of aryl methyl sites for hydroxylation is 1. The summed E-state index contributed by atoms with van der Waals surface area (Å²) in [7, 11) is 0. The number of rotatable bonds is 2. The topological polar surface area (TPSA) is 51.8 Å². The monoisotopic (exact) mass is 251 g/mol. The Morgan fingerprint density at radius 1 is 1.19 bits per heavy atom. The summed E-state index contributed by atoms with van der Waals surface area (Å²) < 4.78 is 0. The van der Waals surface area contributed by atoms with E-state index >= 15 is 0 Å². The number of halogens is 1. The zero-order chi connectivity index (χ0) is 11.5. The molecule has 0 aliphatic rings. The van der Waals surface area contributed by atoms with E-state index in [1.165, 1.54) is 23.7 Å². The lowest BCUT2D eigenvalue weighted by atomic mass is 10.2. The van der Waals surface area contributed by atoms with Crippen molar-refractivity contribution in [3.05, 3.63) is 41.2 Å². The van der Waals surface area contributed by atoms with Gasteiger partial charge >= 0.3 is 0 Å². The first-order valence-electron chi connectivity index (χ1n) is 4.67. The molecule has 0 amide bonds. The fourth-order valence-corrected chi connectivity index (χ4v) is 2.16. The van der Waals surface area contributed by atoms with Gasteiger partial charge in [0, 0.05) is 4.90 Å². The molecule has 1 aromatic heterocycles. The van der Waals surface area contributed by atoms with Crippen LogP contribution in [-0.4, -0.2) is 9.97 Å². The van der Waals surface area contributed by atoms with Gasteiger partial charge in [-0.15, -0.1) is 0 Å². The van der Waals surface area contributed by atoms with Gasteiger partial charge in [-0.05, 0) is 19.1 Å². The predicted molar refractivity (Wildman–Crippen MR) is 66.8 cm³/mol. The van der Waals surface area contributed by atoms with Gasteiger partial charge in [-0.3, -0.25) is 0 Å². The molecule has 0 aliphatic heterocycles. The van der Waals surface area contributed by atoms with Crippen LogP contribution >= 0.6 is 23.4 Å². The van der Waals surface area contributed by atoms with E-state index in [1.54, 1.807) is 0 Å². The lowest BCUT2D eigenvalue weighted by molar-refractivity contribution is 1.05. The van der Waals surface area contributed by atoms with Crippen LogP contribution in [0.15, 0.2) is 40.5 Å². The van der Waals surface area contributed by atoms with Gasteiger partial charge < -0.3 is 5.73 Å². The Labute approximate surface area is 103 Å². The Kier molecular flexibility index (Phi) is 3.31. The van der Waals surface area contributed by atoms with Crippen LogP contribution in [0.2, 0.25) is 5.02 Å². The number of hydrogen-bond acceptors (Lipinski definition) is 4. The standard InChI is InChI=1S/C11H10ClN3S/c1-7-2-4-8(5-3-7)16-11-9(12)10(13)14-6-15-11/h2-6H,1H3,(H2,13,14,15). The van der Waals surface area contributed by atoms with E-state index in [1.807, 2.05) is 31.2 Å². The molecule has 0 atom stereocenters.